The average Bonchev–Trinajstić information content (AvgIpc) is 2.70. The lowest BCUT2D eigenvalue weighted by molar-refractivity contribution is -0.140. The fourth-order valence-corrected chi connectivity index (χ4v) is 3.50. The Bertz CT molecular complexity index is 319. The number of sulfonamides is 1. The van der Waals surface area contributed by atoms with Crippen molar-refractivity contribution in [1.29, 1.82) is 0 Å². The van der Waals surface area contributed by atoms with Crippen molar-refractivity contribution in [2.24, 2.45) is 0 Å². The van der Waals surface area contributed by atoms with Gasteiger partial charge < -0.3 is 4.74 Å². The number of nitrogens with zero attached hydrogens (tertiary/aromatic N) is 1. The standard InChI is InChI=1S/C9H17NO4S/c1-10(7-9(11)14-2)15(12,13)8-5-3-4-6-8/h8H,3-7H2,1-2H3. The van der Waals surface area contributed by atoms with Crippen molar-refractivity contribution in [3.8, 4) is 0 Å². The molecule has 0 unspecified atom stereocenters. The van der Waals surface area contributed by atoms with E-state index < -0.39 is 16.0 Å². The van der Waals surface area contributed by atoms with E-state index >= 15 is 0 Å². The van der Waals surface area contributed by atoms with Gasteiger partial charge in [-0.05, 0) is 12.8 Å². The first-order valence-corrected chi connectivity index (χ1v) is 6.50. The number of carbonyl (C=O) groups is 1. The predicted molar refractivity (Wildman–Crippen MR) is 55.8 cm³/mol. The number of hydrogen-bond acceptors (Lipinski definition) is 4. The highest BCUT2D eigenvalue weighted by Gasteiger charge is 2.32. The van der Waals surface area contributed by atoms with E-state index in [1.807, 2.05) is 0 Å². The molecule has 5 nitrogen and oxygen atoms in total. The molecule has 0 bridgehead atoms. The molecule has 0 spiro atoms. The largest absolute Gasteiger partial charge is 0.468 e. The van der Waals surface area contributed by atoms with Crippen molar-refractivity contribution in [3.05, 3.63) is 0 Å². The minimum atomic E-state index is -3.31. The summed E-state index contributed by atoms with van der Waals surface area (Å²) in [6.07, 6.45) is 3.31. The molecular weight excluding hydrogens is 218 g/mol. The molecule has 1 rings (SSSR count). The van der Waals surface area contributed by atoms with E-state index in [9.17, 15) is 13.2 Å². The third-order valence-electron chi connectivity index (χ3n) is 2.74. The van der Waals surface area contributed by atoms with Gasteiger partial charge in [0.15, 0.2) is 0 Å². The fourth-order valence-electron chi connectivity index (χ4n) is 1.78. The molecule has 0 aromatic heterocycles. The van der Waals surface area contributed by atoms with E-state index in [2.05, 4.69) is 4.74 Å². The molecule has 1 fully saturated rings. The van der Waals surface area contributed by atoms with Crippen molar-refractivity contribution in [1.82, 2.24) is 4.31 Å². The summed E-state index contributed by atoms with van der Waals surface area (Å²) < 4.78 is 29.3. The van der Waals surface area contributed by atoms with E-state index in [0.717, 1.165) is 17.1 Å². The van der Waals surface area contributed by atoms with Crippen molar-refractivity contribution in [2.75, 3.05) is 20.7 Å². The van der Waals surface area contributed by atoms with E-state index in [0.29, 0.717) is 12.8 Å². The second-order valence-corrected chi connectivity index (χ2v) is 6.10. The minimum Gasteiger partial charge on any atom is -0.468 e. The maximum absolute atomic E-state index is 11.9. The van der Waals surface area contributed by atoms with Crippen LogP contribution < -0.4 is 0 Å². The Morgan fingerprint density at radius 1 is 1.40 bits per heavy atom. The minimum absolute atomic E-state index is 0.199. The lowest BCUT2D eigenvalue weighted by atomic mass is 10.4. The highest BCUT2D eigenvalue weighted by atomic mass is 32.2. The first-order valence-electron chi connectivity index (χ1n) is 5.00. The van der Waals surface area contributed by atoms with E-state index in [1.54, 1.807) is 0 Å². The van der Waals surface area contributed by atoms with Crippen LogP contribution >= 0.6 is 0 Å². The van der Waals surface area contributed by atoms with Gasteiger partial charge in [-0.3, -0.25) is 4.79 Å². The predicted octanol–water partition coefficient (Wildman–Crippen LogP) is 0.364. The topological polar surface area (TPSA) is 63.7 Å². The summed E-state index contributed by atoms with van der Waals surface area (Å²) in [6, 6.07) is 0. The zero-order chi connectivity index (χ0) is 11.5. The summed E-state index contributed by atoms with van der Waals surface area (Å²) in [6.45, 7) is -0.199. The molecule has 0 aromatic carbocycles. The number of esters is 1. The Labute approximate surface area is 90.4 Å². The van der Waals surface area contributed by atoms with E-state index in [4.69, 9.17) is 0 Å². The van der Waals surface area contributed by atoms with Gasteiger partial charge >= 0.3 is 5.97 Å². The van der Waals surface area contributed by atoms with Crippen LogP contribution in [0.4, 0.5) is 0 Å². The van der Waals surface area contributed by atoms with Crippen LogP contribution in [0, 0.1) is 0 Å². The molecule has 1 aliphatic rings. The summed E-state index contributed by atoms with van der Waals surface area (Å²) >= 11 is 0. The van der Waals surface area contributed by atoms with E-state index in [1.165, 1.54) is 14.2 Å². The molecule has 0 amide bonds. The molecular formula is C9H17NO4S. The van der Waals surface area contributed by atoms with Crippen molar-refractivity contribution < 1.29 is 17.9 Å². The van der Waals surface area contributed by atoms with Crippen LogP contribution in [0.25, 0.3) is 0 Å². The van der Waals surface area contributed by atoms with Crippen molar-refractivity contribution in [3.63, 3.8) is 0 Å². The van der Waals surface area contributed by atoms with Gasteiger partial charge in [-0.25, -0.2) is 8.42 Å². The van der Waals surface area contributed by atoms with Crippen LogP contribution in [0.15, 0.2) is 0 Å². The quantitative estimate of drug-likeness (QED) is 0.660. The normalized spacial score (nSPS) is 18.3. The zero-order valence-electron chi connectivity index (χ0n) is 9.10. The molecule has 0 aromatic rings. The Hall–Kier alpha value is -0.620. The van der Waals surface area contributed by atoms with Crippen LogP contribution in [0.1, 0.15) is 25.7 Å². The molecule has 15 heavy (non-hydrogen) atoms. The highest BCUT2D eigenvalue weighted by Crippen LogP contribution is 2.26. The summed E-state index contributed by atoms with van der Waals surface area (Å²) in [5.74, 6) is -0.529. The zero-order valence-corrected chi connectivity index (χ0v) is 9.92. The monoisotopic (exact) mass is 235 g/mol. The summed E-state index contributed by atoms with van der Waals surface area (Å²) in [4.78, 5) is 11.0. The molecule has 0 aliphatic heterocycles. The first kappa shape index (κ1) is 12.4. The smallest absolute Gasteiger partial charge is 0.320 e. The van der Waals surface area contributed by atoms with Crippen LogP contribution in [0.2, 0.25) is 0 Å². The van der Waals surface area contributed by atoms with Gasteiger partial charge in [-0.15, -0.1) is 0 Å². The molecule has 88 valence electrons. The maximum Gasteiger partial charge on any atom is 0.320 e. The Kier molecular flexibility index (Phi) is 4.10. The Morgan fingerprint density at radius 3 is 2.40 bits per heavy atom. The number of hydrogen-bond donors (Lipinski definition) is 0. The van der Waals surface area contributed by atoms with Crippen molar-refractivity contribution in [2.45, 2.75) is 30.9 Å². The van der Waals surface area contributed by atoms with Gasteiger partial charge in [0.25, 0.3) is 0 Å². The summed E-state index contributed by atoms with van der Waals surface area (Å²) in [7, 11) is -0.642. The molecule has 6 heteroatoms. The lowest BCUT2D eigenvalue weighted by Crippen LogP contribution is -2.38. The molecule has 0 saturated heterocycles. The third kappa shape index (κ3) is 2.92. The fraction of sp³-hybridized carbons (Fsp3) is 0.889. The van der Waals surface area contributed by atoms with Gasteiger partial charge in [0.1, 0.15) is 6.54 Å². The van der Waals surface area contributed by atoms with Crippen molar-refractivity contribution >= 4 is 16.0 Å². The molecule has 0 heterocycles. The number of methoxy groups -OCH3 is 1. The molecule has 1 saturated carbocycles. The SMILES string of the molecule is COC(=O)CN(C)S(=O)(=O)C1CCCC1. The van der Waals surface area contributed by atoms with Gasteiger partial charge in [0.05, 0.1) is 12.4 Å². The van der Waals surface area contributed by atoms with Gasteiger partial charge in [0.2, 0.25) is 10.0 Å². The van der Waals surface area contributed by atoms with Gasteiger partial charge in [-0.1, -0.05) is 12.8 Å². The van der Waals surface area contributed by atoms with Crippen LogP contribution in [0.5, 0.6) is 0 Å². The van der Waals surface area contributed by atoms with Gasteiger partial charge in [-0.2, -0.15) is 4.31 Å². The molecule has 0 N–H and O–H groups in total. The van der Waals surface area contributed by atoms with Gasteiger partial charge in [0, 0.05) is 7.05 Å². The second kappa shape index (κ2) is 4.94. The van der Waals surface area contributed by atoms with Crippen LogP contribution in [-0.4, -0.2) is 44.6 Å². The highest BCUT2D eigenvalue weighted by molar-refractivity contribution is 7.89. The number of likely N-dealkylation sites (N-methyl/N-ethyl adjacent to an activating group) is 1. The average molecular weight is 235 g/mol. The Morgan fingerprint density at radius 2 is 1.93 bits per heavy atom. The van der Waals surface area contributed by atoms with E-state index in [-0.39, 0.29) is 11.8 Å². The Balaban J connectivity index is 2.64. The summed E-state index contributed by atoms with van der Waals surface area (Å²) in [5, 5.41) is -0.313. The molecule has 1 aliphatic carbocycles. The number of carbonyl (C=O) groups excluding carboxylic acids is 1. The third-order valence-corrected chi connectivity index (χ3v) is 5.05. The lowest BCUT2D eigenvalue weighted by Gasteiger charge is -2.20. The maximum atomic E-state index is 11.9. The molecule has 0 atom stereocenters. The second-order valence-electron chi connectivity index (χ2n) is 3.78. The number of rotatable bonds is 4. The van der Waals surface area contributed by atoms with Crippen LogP contribution in [-0.2, 0) is 19.6 Å². The first-order chi connectivity index (χ1) is 6.98. The summed E-state index contributed by atoms with van der Waals surface area (Å²) in [5.41, 5.74) is 0. The molecule has 0 radical (unpaired) electrons. The number of ether oxygens (including phenoxy) is 1. The van der Waals surface area contributed by atoms with Crippen LogP contribution in [0.3, 0.4) is 0 Å².